The Morgan fingerprint density at radius 2 is 2.11 bits per heavy atom. The molecule has 1 amide bonds. The lowest BCUT2D eigenvalue weighted by atomic mass is 10.2. The van der Waals surface area contributed by atoms with Gasteiger partial charge in [-0.1, -0.05) is 17.7 Å². The van der Waals surface area contributed by atoms with Crippen molar-refractivity contribution in [2.45, 2.75) is 0 Å². The minimum absolute atomic E-state index is 0.146. The van der Waals surface area contributed by atoms with Gasteiger partial charge in [0, 0.05) is 18.6 Å². The van der Waals surface area contributed by atoms with E-state index < -0.39 is 0 Å². The summed E-state index contributed by atoms with van der Waals surface area (Å²) in [6, 6.07) is 7.30. The molecule has 1 aromatic heterocycles. The Balaban J connectivity index is 2.32. The molecule has 0 aliphatic rings. The zero-order chi connectivity index (χ0) is 14.0. The quantitative estimate of drug-likeness (QED) is 0.876. The molecular weight excluding hydrogens is 348 g/mol. The van der Waals surface area contributed by atoms with Crippen molar-refractivity contribution in [3.63, 3.8) is 0 Å². The lowest BCUT2D eigenvalue weighted by Crippen LogP contribution is -2.16. The number of anilines is 2. The number of carbonyl (C=O) groups excluding carboxylic acids is 1. The average Bonchev–Trinajstić information content (AvgIpc) is 2.75. The van der Waals surface area contributed by atoms with Crippen LogP contribution in [-0.4, -0.2) is 20.0 Å². The molecule has 0 bridgehead atoms. The van der Waals surface area contributed by atoms with Gasteiger partial charge in [0.1, 0.15) is 4.88 Å². The van der Waals surface area contributed by atoms with Gasteiger partial charge in [0.25, 0.3) is 5.91 Å². The van der Waals surface area contributed by atoms with E-state index in [0.717, 1.165) is 10.2 Å². The Bertz CT molecular complexity index is 612. The van der Waals surface area contributed by atoms with Crippen LogP contribution in [0.5, 0.6) is 0 Å². The van der Waals surface area contributed by atoms with E-state index in [1.54, 1.807) is 6.07 Å². The van der Waals surface area contributed by atoms with Gasteiger partial charge >= 0.3 is 0 Å². The van der Waals surface area contributed by atoms with Crippen molar-refractivity contribution in [2.24, 2.45) is 0 Å². The topological polar surface area (TPSA) is 32.3 Å². The van der Waals surface area contributed by atoms with Crippen LogP contribution in [0.25, 0.3) is 0 Å². The first-order valence-corrected chi connectivity index (χ1v) is 7.56. The first-order valence-electron chi connectivity index (χ1n) is 5.51. The summed E-state index contributed by atoms with van der Waals surface area (Å²) in [6.45, 7) is 0. The van der Waals surface area contributed by atoms with Crippen molar-refractivity contribution in [1.82, 2.24) is 0 Å². The molecule has 0 aliphatic carbocycles. The van der Waals surface area contributed by atoms with Crippen LogP contribution in [0.3, 0.4) is 0 Å². The summed E-state index contributed by atoms with van der Waals surface area (Å²) in [4.78, 5) is 14.7. The van der Waals surface area contributed by atoms with E-state index >= 15 is 0 Å². The molecule has 100 valence electrons. The predicted octanol–water partition coefficient (Wildman–Crippen LogP) is 4.48. The molecule has 1 heterocycles. The zero-order valence-electron chi connectivity index (χ0n) is 10.4. The van der Waals surface area contributed by atoms with Crippen molar-refractivity contribution in [2.75, 3.05) is 24.3 Å². The van der Waals surface area contributed by atoms with Gasteiger partial charge in [0.05, 0.1) is 16.4 Å². The number of nitrogens with zero attached hydrogens (tertiary/aromatic N) is 1. The van der Waals surface area contributed by atoms with E-state index in [0.29, 0.717) is 15.6 Å². The smallest absolute Gasteiger partial charge is 0.266 e. The molecule has 3 nitrogen and oxygen atoms in total. The van der Waals surface area contributed by atoms with E-state index in [4.69, 9.17) is 11.6 Å². The van der Waals surface area contributed by atoms with Crippen LogP contribution in [0, 0.1) is 0 Å². The SMILES string of the molecule is CN(C)c1c(Cl)cccc1NC(=O)c1sccc1Br. The van der Waals surface area contributed by atoms with Crippen molar-refractivity contribution in [3.05, 3.63) is 44.0 Å². The van der Waals surface area contributed by atoms with Crippen LogP contribution in [0.1, 0.15) is 9.67 Å². The third-order valence-electron chi connectivity index (χ3n) is 2.51. The van der Waals surface area contributed by atoms with Crippen molar-refractivity contribution < 1.29 is 4.79 Å². The Morgan fingerprint density at radius 3 is 2.68 bits per heavy atom. The number of para-hydroxylation sites is 1. The fraction of sp³-hybridized carbons (Fsp3) is 0.154. The minimum atomic E-state index is -0.146. The molecule has 0 unspecified atom stereocenters. The second-order valence-electron chi connectivity index (χ2n) is 4.08. The van der Waals surface area contributed by atoms with Crippen molar-refractivity contribution in [1.29, 1.82) is 0 Å². The van der Waals surface area contributed by atoms with E-state index in [1.807, 2.05) is 42.6 Å². The Hall–Kier alpha value is -1.04. The summed E-state index contributed by atoms with van der Waals surface area (Å²) < 4.78 is 0.795. The van der Waals surface area contributed by atoms with Gasteiger partial charge in [-0.2, -0.15) is 0 Å². The minimum Gasteiger partial charge on any atom is -0.375 e. The third-order valence-corrected chi connectivity index (χ3v) is 4.65. The Morgan fingerprint density at radius 1 is 1.37 bits per heavy atom. The maximum absolute atomic E-state index is 12.2. The summed E-state index contributed by atoms with van der Waals surface area (Å²) in [7, 11) is 3.77. The normalized spacial score (nSPS) is 10.3. The monoisotopic (exact) mass is 358 g/mol. The van der Waals surface area contributed by atoms with Gasteiger partial charge in [-0.3, -0.25) is 4.79 Å². The summed E-state index contributed by atoms with van der Waals surface area (Å²) in [6.07, 6.45) is 0. The zero-order valence-corrected chi connectivity index (χ0v) is 13.6. The fourth-order valence-electron chi connectivity index (χ4n) is 1.71. The molecule has 2 aromatic rings. The molecule has 2 rings (SSSR count). The van der Waals surface area contributed by atoms with Crippen LogP contribution < -0.4 is 10.2 Å². The summed E-state index contributed by atoms with van der Waals surface area (Å²) in [5, 5.41) is 5.36. The summed E-state index contributed by atoms with van der Waals surface area (Å²) in [5.74, 6) is -0.146. The standard InChI is InChI=1S/C13H12BrClN2OS/c1-17(2)11-9(15)4-3-5-10(11)16-13(18)12-8(14)6-7-19-12/h3-7H,1-2H3,(H,16,18). The van der Waals surface area contributed by atoms with Crippen LogP contribution in [0.15, 0.2) is 34.1 Å². The average molecular weight is 360 g/mol. The van der Waals surface area contributed by atoms with Gasteiger partial charge in [-0.15, -0.1) is 11.3 Å². The Kier molecular flexibility index (Phi) is 4.50. The molecular formula is C13H12BrClN2OS. The number of thiophene rings is 1. The number of benzene rings is 1. The lowest BCUT2D eigenvalue weighted by molar-refractivity contribution is 0.103. The number of amides is 1. The van der Waals surface area contributed by atoms with Gasteiger partial charge in [-0.05, 0) is 39.5 Å². The maximum Gasteiger partial charge on any atom is 0.266 e. The van der Waals surface area contributed by atoms with Crippen LogP contribution in [0.4, 0.5) is 11.4 Å². The number of halogens is 2. The highest BCUT2D eigenvalue weighted by Gasteiger charge is 2.15. The van der Waals surface area contributed by atoms with E-state index in [2.05, 4.69) is 21.2 Å². The van der Waals surface area contributed by atoms with E-state index in [1.165, 1.54) is 11.3 Å². The molecule has 0 fully saturated rings. The Labute approximate surface area is 129 Å². The molecule has 0 atom stereocenters. The van der Waals surface area contributed by atoms with Crippen LogP contribution >= 0.6 is 38.9 Å². The summed E-state index contributed by atoms with van der Waals surface area (Å²) >= 11 is 10.9. The highest BCUT2D eigenvalue weighted by molar-refractivity contribution is 9.10. The first-order chi connectivity index (χ1) is 9.00. The number of nitrogens with one attached hydrogen (secondary N) is 1. The second-order valence-corrected chi connectivity index (χ2v) is 6.26. The number of hydrogen-bond donors (Lipinski definition) is 1. The largest absolute Gasteiger partial charge is 0.375 e. The van der Waals surface area contributed by atoms with E-state index in [9.17, 15) is 4.79 Å². The number of rotatable bonds is 3. The number of hydrogen-bond acceptors (Lipinski definition) is 3. The number of carbonyl (C=O) groups is 1. The molecule has 0 saturated heterocycles. The molecule has 19 heavy (non-hydrogen) atoms. The fourth-order valence-corrected chi connectivity index (χ4v) is 3.50. The van der Waals surface area contributed by atoms with Crippen LogP contribution in [-0.2, 0) is 0 Å². The molecule has 0 spiro atoms. The van der Waals surface area contributed by atoms with Gasteiger partial charge in [0.15, 0.2) is 0 Å². The molecule has 0 aliphatic heterocycles. The summed E-state index contributed by atoms with van der Waals surface area (Å²) in [5.41, 5.74) is 1.49. The van der Waals surface area contributed by atoms with Gasteiger partial charge in [0.2, 0.25) is 0 Å². The predicted molar refractivity (Wildman–Crippen MR) is 85.8 cm³/mol. The molecule has 6 heteroatoms. The third kappa shape index (κ3) is 3.11. The molecule has 1 aromatic carbocycles. The van der Waals surface area contributed by atoms with Crippen LogP contribution in [0.2, 0.25) is 5.02 Å². The molecule has 0 saturated carbocycles. The highest BCUT2D eigenvalue weighted by Crippen LogP contribution is 2.33. The van der Waals surface area contributed by atoms with Crippen molar-refractivity contribution >= 4 is 56.1 Å². The molecule has 1 N–H and O–H groups in total. The first kappa shape index (κ1) is 14.4. The van der Waals surface area contributed by atoms with Gasteiger partial charge in [-0.25, -0.2) is 0 Å². The van der Waals surface area contributed by atoms with Crippen molar-refractivity contribution in [3.8, 4) is 0 Å². The lowest BCUT2D eigenvalue weighted by Gasteiger charge is -2.19. The maximum atomic E-state index is 12.2. The highest BCUT2D eigenvalue weighted by atomic mass is 79.9. The second kappa shape index (κ2) is 5.94. The molecule has 0 radical (unpaired) electrons. The van der Waals surface area contributed by atoms with E-state index in [-0.39, 0.29) is 5.91 Å². The van der Waals surface area contributed by atoms with Gasteiger partial charge < -0.3 is 10.2 Å².